The van der Waals surface area contributed by atoms with E-state index in [1.807, 2.05) is 24.3 Å². The molecule has 0 bridgehead atoms. The van der Waals surface area contributed by atoms with E-state index in [4.69, 9.17) is 0 Å². The minimum absolute atomic E-state index is 0.118. The first-order valence-corrected chi connectivity index (χ1v) is 13.0. The molecule has 28 heavy (non-hydrogen) atoms. The number of aromatic hydroxyl groups is 1. The molecule has 2 aromatic carbocycles. The number of halogens is 7. The second kappa shape index (κ2) is 9.32. The van der Waals surface area contributed by atoms with E-state index in [9.17, 15) is 9.90 Å². The monoisotopic (exact) mass is 819 g/mol. The van der Waals surface area contributed by atoms with Crippen molar-refractivity contribution < 1.29 is 9.90 Å². The van der Waals surface area contributed by atoms with E-state index in [0.29, 0.717) is 17.9 Å². The van der Waals surface area contributed by atoms with Gasteiger partial charge in [0.05, 0.1) is 17.9 Å². The molecule has 0 fully saturated rings. The molecule has 0 spiro atoms. The van der Waals surface area contributed by atoms with Crippen molar-refractivity contribution in [3.8, 4) is 5.75 Å². The van der Waals surface area contributed by atoms with Crippen molar-refractivity contribution in [3.63, 3.8) is 0 Å². The largest absolute Gasteiger partial charge is 0.506 e. The highest BCUT2D eigenvalue weighted by molar-refractivity contribution is 9.14. The molecule has 3 rings (SSSR count). The molecule has 0 radical (unpaired) electrons. The number of ketones is 1. The molecule has 0 heterocycles. The predicted molar refractivity (Wildman–Crippen MR) is 138 cm³/mol. The van der Waals surface area contributed by atoms with Gasteiger partial charge in [-0.3, -0.25) is 4.79 Å². The van der Waals surface area contributed by atoms with Crippen LogP contribution in [0.3, 0.4) is 0 Å². The smallest absolute Gasteiger partial charge is 0.206 e. The number of rotatable bonds is 2. The van der Waals surface area contributed by atoms with Gasteiger partial charge in [-0.2, -0.15) is 0 Å². The van der Waals surface area contributed by atoms with Crippen molar-refractivity contribution in [2.75, 3.05) is 0 Å². The maximum atomic E-state index is 12.2. The van der Waals surface area contributed by atoms with Crippen LogP contribution in [0.4, 0.5) is 0 Å². The summed E-state index contributed by atoms with van der Waals surface area (Å²) in [7, 11) is 0. The van der Waals surface area contributed by atoms with E-state index in [0.717, 1.165) is 35.7 Å². The molecule has 0 atom stereocenters. The van der Waals surface area contributed by atoms with Crippen LogP contribution in [0, 0.1) is 0 Å². The lowest BCUT2D eigenvalue weighted by molar-refractivity contribution is -0.110. The summed E-state index contributed by atoms with van der Waals surface area (Å²) in [5.74, 6) is 0.00337. The number of benzene rings is 2. The van der Waals surface area contributed by atoms with Gasteiger partial charge in [-0.15, -0.1) is 0 Å². The lowest BCUT2D eigenvalue weighted by Gasteiger charge is -2.18. The number of Topliss-reactive ketones (excluding diaryl/α,β-unsaturated/α-hetero) is 1. The zero-order chi connectivity index (χ0) is 20.7. The molecule has 0 unspecified atom stereocenters. The van der Waals surface area contributed by atoms with Crippen LogP contribution in [-0.2, 0) is 4.79 Å². The average Bonchev–Trinajstić information content (AvgIpc) is 2.64. The number of allylic oxidation sites excluding steroid dienone is 5. The summed E-state index contributed by atoms with van der Waals surface area (Å²) in [6.45, 7) is 0. The van der Waals surface area contributed by atoms with Crippen LogP contribution < -0.4 is 0 Å². The highest BCUT2D eigenvalue weighted by atomic mass is 79.9. The van der Waals surface area contributed by atoms with Gasteiger partial charge in [-0.05, 0) is 164 Å². The maximum absolute atomic E-state index is 12.2. The Morgan fingerprint density at radius 1 is 0.750 bits per heavy atom. The Morgan fingerprint density at radius 2 is 1.29 bits per heavy atom. The minimum Gasteiger partial charge on any atom is -0.506 e. The van der Waals surface area contributed by atoms with Gasteiger partial charge in [0.15, 0.2) is 0 Å². The average molecular weight is 827 g/mol. The number of hydrogen-bond acceptors (Lipinski definition) is 2. The molecule has 2 aromatic rings. The molecule has 0 aliphatic heterocycles. The van der Waals surface area contributed by atoms with Crippen LogP contribution in [0.2, 0.25) is 0 Å². The molecule has 2 nitrogen and oxygen atoms in total. The van der Waals surface area contributed by atoms with Crippen LogP contribution in [-0.4, -0.2) is 10.9 Å². The van der Waals surface area contributed by atoms with E-state index in [2.05, 4.69) is 112 Å². The van der Waals surface area contributed by atoms with Crippen molar-refractivity contribution in [1.82, 2.24) is 0 Å². The Balaban J connectivity index is 2.42. The zero-order valence-corrected chi connectivity index (χ0v) is 24.6. The molecule has 1 aliphatic rings. The third-order valence-corrected chi connectivity index (χ3v) is 9.66. The van der Waals surface area contributed by atoms with Crippen molar-refractivity contribution in [1.29, 1.82) is 0 Å². The van der Waals surface area contributed by atoms with E-state index in [1.54, 1.807) is 12.2 Å². The Bertz CT molecular complexity index is 1070. The molecule has 1 N–H and O–H groups in total. The molecular formula is C19H7Br7O2. The molecule has 144 valence electrons. The summed E-state index contributed by atoms with van der Waals surface area (Å²) in [6.07, 6.45) is 3.58. The Kier molecular flexibility index (Phi) is 7.71. The van der Waals surface area contributed by atoms with Gasteiger partial charge in [-0.25, -0.2) is 0 Å². The predicted octanol–water partition coefficient (Wildman–Crippen LogP) is 9.15. The third-order valence-electron chi connectivity index (χ3n) is 3.90. The third kappa shape index (κ3) is 4.55. The number of hydrogen-bond donors (Lipinski definition) is 1. The lowest BCUT2D eigenvalue weighted by Crippen LogP contribution is -2.05. The minimum atomic E-state index is -0.118. The van der Waals surface area contributed by atoms with Crippen molar-refractivity contribution in [2.45, 2.75) is 0 Å². The highest BCUT2D eigenvalue weighted by Crippen LogP contribution is 2.44. The molecule has 1 aliphatic carbocycles. The van der Waals surface area contributed by atoms with Gasteiger partial charge in [0.2, 0.25) is 5.78 Å². The van der Waals surface area contributed by atoms with Crippen LogP contribution >= 0.6 is 112 Å². The van der Waals surface area contributed by atoms with Crippen molar-refractivity contribution in [2.24, 2.45) is 0 Å². The van der Waals surface area contributed by atoms with Crippen molar-refractivity contribution in [3.05, 3.63) is 84.4 Å². The molecule has 9 heteroatoms. The summed E-state index contributed by atoms with van der Waals surface area (Å²) >= 11 is 24.3. The first kappa shape index (κ1) is 23.2. The SMILES string of the molecule is O=C1C(Br)=CC(=C(c2cc(Br)c(O)c(Br)c2)c2ccc(Br)c(Br)c2Br)C=C1Br. The van der Waals surface area contributed by atoms with Crippen molar-refractivity contribution >= 4 is 123 Å². The summed E-state index contributed by atoms with van der Waals surface area (Å²) < 4.78 is 4.67. The molecule has 0 amide bonds. The lowest BCUT2D eigenvalue weighted by atomic mass is 9.91. The molecule has 0 aromatic heterocycles. The normalized spacial score (nSPS) is 14.1. The van der Waals surface area contributed by atoms with Crippen LogP contribution in [0.1, 0.15) is 11.1 Å². The first-order valence-electron chi connectivity index (χ1n) is 7.47. The van der Waals surface area contributed by atoms with Crippen LogP contribution in [0.15, 0.2) is 73.3 Å². The Hall–Kier alpha value is 0.490. The quantitative estimate of drug-likeness (QED) is 0.307. The fourth-order valence-electron chi connectivity index (χ4n) is 2.61. The van der Waals surface area contributed by atoms with E-state index in [-0.39, 0.29) is 11.5 Å². The summed E-state index contributed by atoms with van der Waals surface area (Å²) in [5, 5.41) is 10.1. The van der Waals surface area contributed by atoms with Crippen LogP contribution in [0.5, 0.6) is 5.75 Å². The number of carbonyl (C=O) groups is 1. The van der Waals surface area contributed by atoms with Crippen LogP contribution in [0.25, 0.3) is 5.57 Å². The van der Waals surface area contributed by atoms with Gasteiger partial charge in [0.1, 0.15) is 5.75 Å². The number of phenolic OH excluding ortho intramolecular Hbond substituents is 1. The van der Waals surface area contributed by atoms with Gasteiger partial charge in [0, 0.05) is 13.4 Å². The van der Waals surface area contributed by atoms with Gasteiger partial charge < -0.3 is 5.11 Å². The molecule has 0 saturated heterocycles. The second-order valence-corrected chi connectivity index (χ2v) is 11.5. The zero-order valence-electron chi connectivity index (χ0n) is 13.5. The summed E-state index contributed by atoms with van der Waals surface area (Å²) in [5.41, 5.74) is 3.47. The fraction of sp³-hybridized carbons (Fsp3) is 0. The van der Waals surface area contributed by atoms with E-state index in [1.165, 1.54) is 0 Å². The first-order chi connectivity index (χ1) is 13.1. The van der Waals surface area contributed by atoms with E-state index >= 15 is 0 Å². The summed E-state index contributed by atoms with van der Waals surface area (Å²) in [6, 6.07) is 7.60. The molecular weight excluding hydrogens is 820 g/mol. The summed E-state index contributed by atoms with van der Waals surface area (Å²) in [4.78, 5) is 12.2. The highest BCUT2D eigenvalue weighted by Gasteiger charge is 2.22. The van der Waals surface area contributed by atoms with Gasteiger partial charge >= 0.3 is 0 Å². The topological polar surface area (TPSA) is 37.3 Å². The molecule has 0 saturated carbocycles. The Labute approximate surface area is 220 Å². The van der Waals surface area contributed by atoms with Gasteiger partial charge in [0.25, 0.3) is 0 Å². The number of phenols is 1. The standard InChI is InChI=1S/C19H7Br7O2/c20-10-2-1-9(16(25)17(10)26)15(7-3-11(21)18(27)12(22)4-7)8-5-13(23)19(28)14(24)6-8/h1-6,27H. The second-order valence-electron chi connectivity index (χ2n) is 5.66. The Morgan fingerprint density at radius 3 is 1.82 bits per heavy atom. The maximum Gasteiger partial charge on any atom is 0.206 e. The van der Waals surface area contributed by atoms with E-state index < -0.39 is 0 Å². The fourth-order valence-corrected chi connectivity index (χ4v) is 6.47. The number of carbonyl (C=O) groups excluding carboxylic acids is 1. The van der Waals surface area contributed by atoms with Gasteiger partial charge in [-0.1, -0.05) is 6.07 Å².